The minimum absolute atomic E-state index is 0. The zero-order valence-corrected chi connectivity index (χ0v) is 64.2. The first kappa shape index (κ1) is 75.8. The van der Waals surface area contributed by atoms with Crippen LogP contribution in [0.25, 0.3) is 102 Å². The number of rotatable bonds is 18. The molecule has 0 spiro atoms. The number of fused-ring (bicyclic) bond motifs is 14. The standard InChI is InChI=1S/C101H70N4Si2.Fe.32H2/c1-6-8-10-12-14-16-18-20-22-23-24-25-26-27-28-29-30-31-32-33-34-35-36-37-38-40-42-44-46-52-74-106-95-56-50-48-54-83(95)84-64-62-81(76-96(84)106)100-91-68-66-87(102-91)79(4)88-67-69-92(103-88)101(94-73-71-90(105-94)99(89-70-72-93(100)104-89)80-60-58-78(3)59-61-80)82-63-65-86-85-55-49-51-57-97(85)107(5,98(86)77-82)75-53-47-45-43-41-39-21-19-17-15-13-11-9-7-2;;;;;;;;;;;;;;;;;;;;;;;;;;;;;;;;;/h1,48-51,54-73,76-77,106H,7,9,11,13,15,17,19,21,39,41,43,45,47,53,75H2,2-5H3;;32*1H/q-2;+2;;;;;;;;;;;;;;;;;;;;;;;;;;;;;;;;. The van der Waals surface area contributed by atoms with Crippen LogP contribution in [0.5, 0.6) is 0 Å². The number of unbranched alkanes of at least 4 members (excludes halogenated alkanes) is 13. The molecule has 12 rings (SSSR count). The molecule has 0 radical (unpaired) electrons. The third-order valence-corrected chi connectivity index (χ3v) is 26.4. The molecule has 0 aliphatic carbocycles. The molecule has 4 nitrogen and oxygen atoms in total. The van der Waals surface area contributed by atoms with E-state index in [0.29, 0.717) is 0 Å². The molecule has 8 aromatic rings. The van der Waals surface area contributed by atoms with Crippen LogP contribution in [0.4, 0.5) is 0 Å². The Hall–Kier alpha value is -13.4. The van der Waals surface area contributed by atoms with Gasteiger partial charge in [-0.25, -0.2) is 9.97 Å². The fourth-order valence-electron chi connectivity index (χ4n) is 14.0. The van der Waals surface area contributed by atoms with Gasteiger partial charge in [-0.15, -0.1) is 34.0 Å². The van der Waals surface area contributed by atoms with Crippen molar-refractivity contribution in [3.8, 4) is 245 Å². The van der Waals surface area contributed by atoms with Crippen molar-refractivity contribution in [3.63, 3.8) is 0 Å². The molecule has 574 valence electrons. The fraction of sp³-hybridized carbons (Fsp3) is 0.188. The first-order valence-corrected chi connectivity index (χ1v) is 40.8. The largest absolute Gasteiger partial charge is 2.00 e. The van der Waals surface area contributed by atoms with E-state index in [1.54, 1.807) is 5.19 Å². The molecule has 3 aromatic heterocycles. The van der Waals surface area contributed by atoms with Gasteiger partial charge in [0.1, 0.15) is 8.07 Å². The maximum Gasteiger partial charge on any atom is 2.00 e. The zero-order valence-electron chi connectivity index (χ0n) is 60.9. The van der Waals surface area contributed by atoms with Crippen molar-refractivity contribution in [1.82, 2.24) is 19.9 Å². The van der Waals surface area contributed by atoms with E-state index in [0.717, 1.165) is 83.8 Å². The van der Waals surface area contributed by atoms with E-state index in [1.807, 2.05) is 0 Å². The zero-order chi connectivity index (χ0) is 73.7. The van der Waals surface area contributed by atoms with Crippen LogP contribution < -0.4 is 30.7 Å². The van der Waals surface area contributed by atoms with Crippen molar-refractivity contribution in [3.05, 3.63) is 167 Å². The van der Waals surface area contributed by atoms with Gasteiger partial charge in [0.25, 0.3) is 0 Å². The van der Waals surface area contributed by atoms with Crippen molar-refractivity contribution in [2.45, 2.75) is 123 Å². The van der Waals surface area contributed by atoms with Crippen LogP contribution in [0, 0.1) is 203 Å². The Morgan fingerprint density at radius 1 is 0.361 bits per heavy atom. The van der Waals surface area contributed by atoms with E-state index in [4.69, 9.17) is 26.4 Å². The van der Waals surface area contributed by atoms with Gasteiger partial charge in [0.05, 0.1) is 22.8 Å². The Morgan fingerprint density at radius 2 is 0.731 bits per heavy atom. The van der Waals surface area contributed by atoms with Crippen molar-refractivity contribution in [1.29, 1.82) is 0 Å². The molecule has 0 saturated heterocycles. The third kappa shape index (κ3) is 19.1. The normalized spacial score (nSPS) is 12.2. The molecule has 0 N–H and O–H groups in total. The van der Waals surface area contributed by atoms with Gasteiger partial charge in [-0.2, -0.15) is 0 Å². The molecule has 8 bridgehead atoms. The first-order valence-electron chi connectivity index (χ1n) is 36.3. The smallest absolute Gasteiger partial charge is 0.657 e. The second-order valence-electron chi connectivity index (χ2n) is 26.2. The second-order valence-corrected chi connectivity index (χ2v) is 32.8. The van der Waals surface area contributed by atoms with E-state index in [1.165, 1.54) is 139 Å². The van der Waals surface area contributed by atoms with Crippen LogP contribution in [0.3, 0.4) is 0 Å². The van der Waals surface area contributed by atoms with Crippen molar-refractivity contribution < 1.29 is 62.7 Å². The number of aromatic nitrogens is 4. The molecule has 0 fully saturated rings. The summed E-state index contributed by atoms with van der Waals surface area (Å²) in [5.41, 5.74) is 23.8. The van der Waals surface area contributed by atoms with Crippen LogP contribution in [-0.4, -0.2) is 26.8 Å². The molecule has 7 heterocycles. The third-order valence-electron chi connectivity index (χ3n) is 19.2. The molecule has 4 aliphatic heterocycles. The minimum atomic E-state index is -2.15. The summed E-state index contributed by atoms with van der Waals surface area (Å²) < 4.78 is 0. The number of aryl methyl sites for hydroxylation is 2. The Bertz CT molecular complexity index is 6360. The first-order chi connectivity index (χ1) is 52.8. The van der Waals surface area contributed by atoms with Crippen LogP contribution in [-0.2, 0) is 17.1 Å². The average molecular weight is 1520 g/mol. The van der Waals surface area contributed by atoms with E-state index < -0.39 is 16.9 Å². The number of nitrogens with zero attached hydrogens (tertiary/aromatic N) is 4. The summed E-state index contributed by atoms with van der Waals surface area (Å²) in [4.78, 5) is 22.3. The average Bonchev–Trinajstić information content (AvgIpc) is 1.57. The van der Waals surface area contributed by atoms with Crippen molar-refractivity contribution in [2.24, 2.45) is 0 Å². The molecular formula is C101H134FeN4Si2. The van der Waals surface area contributed by atoms with Gasteiger partial charge in [-0.05, 0) is 221 Å². The van der Waals surface area contributed by atoms with Crippen LogP contribution in [0.15, 0.2) is 133 Å². The maximum atomic E-state index is 5.67. The summed E-state index contributed by atoms with van der Waals surface area (Å²) in [5, 5.41) is 5.53. The van der Waals surface area contributed by atoms with Crippen LogP contribution in [0.1, 0.15) is 176 Å². The number of terminal acetylenes is 1. The molecule has 7 heteroatoms. The molecule has 2 atom stereocenters. The molecule has 0 saturated carbocycles. The van der Waals surface area contributed by atoms with E-state index in [9.17, 15) is 0 Å². The van der Waals surface area contributed by atoms with Crippen LogP contribution in [0.2, 0.25) is 12.6 Å². The predicted octanol–water partition coefficient (Wildman–Crippen LogP) is 23.6. The second kappa shape index (κ2) is 38.9. The molecule has 4 aliphatic rings. The topological polar surface area (TPSA) is 54.0 Å². The monoisotopic (exact) mass is 1510 g/mol. The molecule has 5 aromatic carbocycles. The van der Waals surface area contributed by atoms with Gasteiger partial charge < -0.3 is 9.97 Å². The summed E-state index contributed by atoms with van der Waals surface area (Å²) in [6.07, 6.45) is 32.6. The molecule has 108 heavy (non-hydrogen) atoms. The van der Waals surface area contributed by atoms with Gasteiger partial charge in [0, 0.05) is 129 Å². The van der Waals surface area contributed by atoms with E-state index >= 15 is 0 Å². The summed E-state index contributed by atoms with van der Waals surface area (Å²) in [5.74, 6) is 77.9. The summed E-state index contributed by atoms with van der Waals surface area (Å²) >= 11 is 0. The quantitative estimate of drug-likeness (QED) is 0.0488. The van der Waals surface area contributed by atoms with E-state index in [2.05, 4.69) is 368 Å². The summed E-state index contributed by atoms with van der Waals surface area (Å²) in [6.45, 7) is 9.18. The number of hydrogen-bond acceptors (Lipinski definition) is 2. The SMILES string of the molecule is C#CC#CC#CC#CC#CC#CC#CC#CC#CC#CC#CC#CC#CC#CC#CC#C[SiH]1c2ccccc2-c2ccc(-c3c4nc(c(C)c5ccc([n-]5)c(-c5ccc6c(c5)[Si](C)(CCCCCCCCCCCCCCCC)c5ccccc5-6)c5nc(c(-c6ccc(C)cc6)c6ccc3[n-]6)C=C5)C=C4)cc21.[Fe+2].[HH].[HH].[HH].[HH].[HH].[HH].[HH].[HH].[HH].[HH].[HH].[HH].[HH].[HH].[HH].[HH].[HH].[HH].[HH].[HH].[HH].[HH].[HH].[HH].[HH].[HH].[HH].[HH].[HH].[HH].[HH].[HH]. The Balaban J connectivity index is -0.000000211. The van der Waals surface area contributed by atoms with Gasteiger partial charge in [-0.1, -0.05) is 242 Å². The maximum absolute atomic E-state index is 5.67. The number of hydrogen-bond donors (Lipinski definition) is 0. The van der Waals surface area contributed by atoms with Gasteiger partial charge >= 0.3 is 17.1 Å². The number of benzene rings is 5. The molecule has 0 amide bonds. The summed E-state index contributed by atoms with van der Waals surface area (Å²) in [6, 6.07) is 50.4. The Labute approximate surface area is 699 Å². The Morgan fingerprint density at radius 3 is 1.24 bits per heavy atom. The van der Waals surface area contributed by atoms with Gasteiger partial charge in [-0.3, -0.25) is 0 Å². The molecule has 2 unspecified atom stereocenters. The van der Waals surface area contributed by atoms with Crippen molar-refractivity contribution in [2.75, 3.05) is 0 Å². The summed E-state index contributed by atoms with van der Waals surface area (Å²) in [7, 11) is -4.29. The molecular weight excluding hydrogens is 1380 g/mol. The Kier molecular flexibility index (Phi) is 27.3. The van der Waals surface area contributed by atoms with Gasteiger partial charge in [0.15, 0.2) is 8.80 Å². The minimum Gasteiger partial charge on any atom is -0.657 e. The van der Waals surface area contributed by atoms with Crippen molar-refractivity contribution >= 4 is 84.0 Å². The predicted molar refractivity (Wildman–Crippen MR) is 519 cm³/mol. The van der Waals surface area contributed by atoms with E-state index in [-0.39, 0.29) is 62.7 Å². The van der Waals surface area contributed by atoms with Gasteiger partial charge in [0.2, 0.25) is 0 Å². The fourth-order valence-corrected chi connectivity index (χ4v) is 21.0. The van der Waals surface area contributed by atoms with Crippen LogP contribution >= 0.6 is 0 Å².